The molecule has 12 nitrogen and oxygen atoms in total. The number of methoxy groups -OCH3 is 1. The zero-order chi connectivity index (χ0) is 31.7. The summed E-state index contributed by atoms with van der Waals surface area (Å²) < 4.78 is 4.74. The maximum Gasteiger partial charge on any atom is 0.337 e. The number of Topliss-reactive ketones (excluding diaryl/α,β-unsaturated/α-hetero) is 1. The summed E-state index contributed by atoms with van der Waals surface area (Å²) in [6.45, 7) is 5.09. The first-order valence-corrected chi connectivity index (χ1v) is 15.0. The summed E-state index contributed by atoms with van der Waals surface area (Å²) >= 11 is 0. The number of fused-ring (bicyclic) bond motifs is 1. The molecular weight excluding hydrogens is 556 g/mol. The quantitative estimate of drug-likeness (QED) is 0.217. The van der Waals surface area contributed by atoms with E-state index in [-0.39, 0.29) is 31.5 Å². The van der Waals surface area contributed by atoms with Gasteiger partial charge in [-0.3, -0.25) is 24.0 Å². The van der Waals surface area contributed by atoms with Gasteiger partial charge in [-0.25, -0.2) is 4.79 Å². The molecule has 0 saturated carbocycles. The van der Waals surface area contributed by atoms with E-state index in [4.69, 9.17) is 4.74 Å². The molecule has 2 heterocycles. The molecule has 4 N–H and O–H groups in total. The number of unbranched alkanes of at least 4 members (excludes halogenated alkanes) is 2. The Bertz CT molecular complexity index is 1200. The van der Waals surface area contributed by atoms with Crippen molar-refractivity contribution >= 4 is 35.4 Å². The van der Waals surface area contributed by atoms with Crippen molar-refractivity contribution in [1.82, 2.24) is 20.9 Å². The Labute approximate surface area is 252 Å². The van der Waals surface area contributed by atoms with Crippen molar-refractivity contribution < 1.29 is 38.6 Å². The van der Waals surface area contributed by atoms with Crippen LogP contribution in [0.4, 0.5) is 0 Å². The molecule has 1 aromatic rings. The maximum absolute atomic E-state index is 13.9. The topological polar surface area (TPSA) is 171 Å². The zero-order valence-corrected chi connectivity index (χ0v) is 25.4. The molecule has 12 heteroatoms. The van der Waals surface area contributed by atoms with Crippen molar-refractivity contribution in [2.24, 2.45) is 0 Å². The standard InChI is InChI=1S/C31H44N4O8/c1-5-31(3)30(42)33-23(18-20-13-15-21(16-14-20)29(41)43-4)28(40)35-17-9-11-24(35)27(39)32-22(26(38)34-31)10-7-6-8-12-25(37)19(2)36/h13-16,19,22-24,36H,5-12,17-18H2,1-4H3,(H,32,39)(H,33,42)(H,34,38)/t19-,22+,23?,24-,31+/m1/s1. The van der Waals surface area contributed by atoms with E-state index < -0.39 is 59.4 Å². The molecule has 0 spiro atoms. The number of aliphatic hydroxyl groups is 1. The highest BCUT2D eigenvalue weighted by molar-refractivity contribution is 5.99. The molecule has 2 aliphatic rings. The van der Waals surface area contributed by atoms with Gasteiger partial charge in [0, 0.05) is 19.4 Å². The number of nitrogens with one attached hydrogen (secondary N) is 3. The fourth-order valence-electron chi connectivity index (χ4n) is 5.39. The Morgan fingerprint density at radius 2 is 1.74 bits per heavy atom. The number of hydrogen-bond donors (Lipinski definition) is 4. The van der Waals surface area contributed by atoms with Gasteiger partial charge in [0.1, 0.15) is 29.8 Å². The number of rotatable bonds is 11. The Balaban J connectivity index is 1.83. The van der Waals surface area contributed by atoms with Crippen LogP contribution in [0, 0.1) is 0 Å². The molecule has 2 fully saturated rings. The molecule has 4 amide bonds. The molecule has 2 aliphatic heterocycles. The number of benzene rings is 1. The van der Waals surface area contributed by atoms with Crippen molar-refractivity contribution in [3.63, 3.8) is 0 Å². The van der Waals surface area contributed by atoms with E-state index in [0.29, 0.717) is 49.8 Å². The van der Waals surface area contributed by atoms with Crippen LogP contribution in [0.5, 0.6) is 0 Å². The normalized spacial score (nSPS) is 25.4. The highest BCUT2D eigenvalue weighted by Gasteiger charge is 2.43. The number of ketones is 1. The first-order valence-electron chi connectivity index (χ1n) is 15.0. The van der Waals surface area contributed by atoms with Crippen LogP contribution < -0.4 is 16.0 Å². The molecule has 0 aliphatic carbocycles. The summed E-state index contributed by atoms with van der Waals surface area (Å²) in [4.78, 5) is 79.5. The van der Waals surface area contributed by atoms with Crippen LogP contribution in [0.15, 0.2) is 24.3 Å². The van der Waals surface area contributed by atoms with Gasteiger partial charge in [-0.1, -0.05) is 31.9 Å². The van der Waals surface area contributed by atoms with Gasteiger partial charge in [-0.2, -0.15) is 0 Å². The van der Waals surface area contributed by atoms with Crippen LogP contribution in [0.1, 0.15) is 88.1 Å². The number of carbonyl (C=O) groups is 6. The van der Waals surface area contributed by atoms with Crippen LogP contribution in [0.25, 0.3) is 0 Å². The van der Waals surface area contributed by atoms with Crippen LogP contribution in [-0.4, -0.2) is 88.8 Å². The monoisotopic (exact) mass is 600 g/mol. The lowest BCUT2D eigenvalue weighted by Crippen LogP contribution is -2.65. The summed E-state index contributed by atoms with van der Waals surface area (Å²) in [5.74, 6) is -2.59. The second-order valence-corrected chi connectivity index (χ2v) is 11.6. The lowest BCUT2D eigenvalue weighted by molar-refractivity contribution is -0.144. The van der Waals surface area contributed by atoms with Crippen molar-refractivity contribution in [3.8, 4) is 0 Å². The molecule has 0 bridgehead atoms. The van der Waals surface area contributed by atoms with Gasteiger partial charge in [0.05, 0.1) is 12.7 Å². The molecular formula is C31H44N4O8. The summed E-state index contributed by atoms with van der Waals surface area (Å²) in [5.41, 5.74) is -0.322. The largest absolute Gasteiger partial charge is 0.465 e. The highest BCUT2D eigenvalue weighted by atomic mass is 16.5. The van der Waals surface area contributed by atoms with Crippen LogP contribution >= 0.6 is 0 Å². The van der Waals surface area contributed by atoms with E-state index in [1.807, 2.05) is 0 Å². The molecule has 1 unspecified atom stereocenters. The van der Waals surface area contributed by atoms with Crippen LogP contribution in [0.3, 0.4) is 0 Å². The average molecular weight is 601 g/mol. The number of carbonyl (C=O) groups excluding carboxylic acids is 6. The molecule has 5 atom stereocenters. The molecule has 1 aromatic carbocycles. The first kappa shape index (κ1) is 33.7. The summed E-state index contributed by atoms with van der Waals surface area (Å²) in [5, 5.41) is 17.9. The van der Waals surface area contributed by atoms with Crippen molar-refractivity contribution in [2.45, 2.75) is 108 Å². The zero-order valence-electron chi connectivity index (χ0n) is 25.4. The van der Waals surface area contributed by atoms with E-state index in [1.165, 1.54) is 18.9 Å². The van der Waals surface area contributed by atoms with Crippen molar-refractivity contribution in [2.75, 3.05) is 13.7 Å². The fourth-order valence-corrected chi connectivity index (χ4v) is 5.39. The number of ether oxygens (including phenoxy) is 1. The number of aliphatic hydroxyl groups excluding tert-OH is 1. The predicted molar refractivity (Wildman–Crippen MR) is 157 cm³/mol. The third-order valence-electron chi connectivity index (χ3n) is 8.38. The minimum Gasteiger partial charge on any atom is -0.465 e. The third kappa shape index (κ3) is 8.62. The molecule has 0 aromatic heterocycles. The molecule has 236 valence electrons. The Morgan fingerprint density at radius 3 is 2.37 bits per heavy atom. The summed E-state index contributed by atoms with van der Waals surface area (Å²) in [7, 11) is 1.29. The minimum absolute atomic E-state index is 0.116. The van der Waals surface area contributed by atoms with Crippen LogP contribution in [-0.2, 0) is 35.1 Å². The van der Waals surface area contributed by atoms with Crippen molar-refractivity contribution in [3.05, 3.63) is 35.4 Å². The van der Waals surface area contributed by atoms with Crippen molar-refractivity contribution in [1.29, 1.82) is 0 Å². The van der Waals surface area contributed by atoms with Gasteiger partial charge in [-0.15, -0.1) is 0 Å². The van der Waals surface area contributed by atoms with E-state index in [0.717, 1.165) is 0 Å². The van der Waals surface area contributed by atoms with Gasteiger partial charge in [0.25, 0.3) is 0 Å². The van der Waals surface area contributed by atoms with Gasteiger partial charge in [-0.05, 0) is 63.6 Å². The maximum atomic E-state index is 13.9. The molecule has 2 saturated heterocycles. The van der Waals surface area contributed by atoms with Gasteiger partial charge in [0.15, 0.2) is 5.78 Å². The van der Waals surface area contributed by atoms with E-state index >= 15 is 0 Å². The summed E-state index contributed by atoms with van der Waals surface area (Å²) in [6, 6.07) is 3.80. The Kier molecular flexibility index (Phi) is 11.8. The average Bonchev–Trinajstić information content (AvgIpc) is 3.49. The van der Waals surface area contributed by atoms with Gasteiger partial charge in [0.2, 0.25) is 23.6 Å². The summed E-state index contributed by atoms with van der Waals surface area (Å²) in [6.07, 6.45) is 2.55. The minimum atomic E-state index is -1.36. The van der Waals surface area contributed by atoms with E-state index in [9.17, 15) is 33.9 Å². The lowest BCUT2D eigenvalue weighted by atomic mass is 9.94. The number of hydrogen-bond acceptors (Lipinski definition) is 8. The fraction of sp³-hybridized carbons (Fsp3) is 0.613. The second-order valence-electron chi connectivity index (χ2n) is 11.6. The smallest absolute Gasteiger partial charge is 0.337 e. The number of amides is 4. The Hall–Kier alpha value is -3.80. The number of esters is 1. The van der Waals surface area contributed by atoms with E-state index in [1.54, 1.807) is 38.1 Å². The molecule has 0 radical (unpaired) electrons. The first-order chi connectivity index (χ1) is 20.4. The number of nitrogens with zero attached hydrogens (tertiary/aromatic N) is 1. The van der Waals surface area contributed by atoms with Gasteiger partial charge >= 0.3 is 5.97 Å². The van der Waals surface area contributed by atoms with Gasteiger partial charge < -0.3 is 30.7 Å². The lowest BCUT2D eigenvalue weighted by Gasteiger charge is -2.36. The molecule has 3 rings (SSSR count). The SMILES string of the molecule is CC[C@]1(C)NC(=O)[C@H](CCCCCC(=O)[C@@H](C)O)NC(=O)[C@H]2CCCN2C(=O)C(Cc2ccc(C(=O)OC)cc2)NC1=O. The Morgan fingerprint density at radius 1 is 1.05 bits per heavy atom. The predicted octanol–water partition coefficient (Wildman–Crippen LogP) is 1.18. The van der Waals surface area contributed by atoms with E-state index in [2.05, 4.69) is 16.0 Å². The van der Waals surface area contributed by atoms with Crippen LogP contribution in [0.2, 0.25) is 0 Å². The third-order valence-corrected chi connectivity index (χ3v) is 8.38. The highest BCUT2D eigenvalue weighted by Crippen LogP contribution is 2.22. The second kappa shape index (κ2) is 15.1. The molecule has 43 heavy (non-hydrogen) atoms.